The fraction of sp³-hybridized carbons (Fsp3) is 0.526. The van der Waals surface area contributed by atoms with E-state index in [2.05, 4.69) is 0 Å². The Bertz CT molecular complexity index is 671. The molecule has 1 aliphatic carbocycles. The van der Waals surface area contributed by atoms with Crippen LogP contribution in [0.4, 0.5) is 8.78 Å². The summed E-state index contributed by atoms with van der Waals surface area (Å²) < 4.78 is 27.4. The summed E-state index contributed by atoms with van der Waals surface area (Å²) in [4.78, 5) is 23.6. The number of aliphatic hydroxyl groups excluding tert-OH is 1. The van der Waals surface area contributed by atoms with E-state index < -0.39 is 60.5 Å². The molecule has 1 aromatic carbocycles. The first-order chi connectivity index (χ1) is 12.5. The van der Waals surface area contributed by atoms with E-state index in [9.17, 15) is 28.6 Å². The minimum absolute atomic E-state index is 0.284. The number of rotatable bonds is 8. The Balaban J connectivity index is 2.12. The standard InChI is InChI=1S/C19H25F2N2O4/c20-18(21)8-9-19(27,15(11-18)17(23)26)14(16(22)25)10-13(24)7-6-12-4-2-1-3-5-12/h1-5,7,13-15,24,27H,6,8-11H2,(H2,22,25)(H2,23,26)/t13-,14+,15?,19-/m0/s1. The molecule has 2 amide bonds. The lowest BCUT2D eigenvalue weighted by atomic mass is 9.65. The molecule has 0 saturated heterocycles. The third-order valence-electron chi connectivity index (χ3n) is 5.23. The van der Waals surface area contributed by atoms with Crippen LogP contribution >= 0.6 is 0 Å². The minimum Gasteiger partial charge on any atom is -0.393 e. The molecule has 149 valence electrons. The van der Waals surface area contributed by atoms with Crippen molar-refractivity contribution >= 4 is 11.8 Å². The number of nitrogens with two attached hydrogens (primary N) is 2. The van der Waals surface area contributed by atoms with Gasteiger partial charge in [-0.1, -0.05) is 30.3 Å². The summed E-state index contributed by atoms with van der Waals surface area (Å²) in [6, 6.07) is 9.24. The van der Waals surface area contributed by atoms with Crippen molar-refractivity contribution in [1.29, 1.82) is 0 Å². The molecular weight excluding hydrogens is 358 g/mol. The lowest BCUT2D eigenvalue weighted by molar-refractivity contribution is -0.180. The molecule has 0 aromatic heterocycles. The molecule has 6 nitrogen and oxygen atoms in total. The van der Waals surface area contributed by atoms with Crippen molar-refractivity contribution in [2.24, 2.45) is 23.3 Å². The zero-order valence-electron chi connectivity index (χ0n) is 14.9. The van der Waals surface area contributed by atoms with Crippen LogP contribution in [0.3, 0.4) is 0 Å². The molecule has 1 fully saturated rings. The van der Waals surface area contributed by atoms with Crippen LogP contribution in [0, 0.1) is 18.3 Å². The number of hydrogen-bond acceptors (Lipinski definition) is 4. The maximum atomic E-state index is 13.7. The van der Waals surface area contributed by atoms with Crippen molar-refractivity contribution in [3.63, 3.8) is 0 Å². The van der Waals surface area contributed by atoms with Crippen molar-refractivity contribution < 1.29 is 28.6 Å². The molecule has 0 bridgehead atoms. The summed E-state index contributed by atoms with van der Waals surface area (Å²) in [7, 11) is 0. The fourth-order valence-corrected chi connectivity index (χ4v) is 3.69. The molecule has 0 spiro atoms. The topological polar surface area (TPSA) is 127 Å². The molecule has 1 unspecified atom stereocenters. The predicted molar refractivity (Wildman–Crippen MR) is 94.2 cm³/mol. The Labute approximate surface area is 156 Å². The summed E-state index contributed by atoms with van der Waals surface area (Å²) >= 11 is 0. The molecule has 1 radical (unpaired) electrons. The van der Waals surface area contributed by atoms with Crippen LogP contribution < -0.4 is 11.5 Å². The lowest BCUT2D eigenvalue weighted by Crippen LogP contribution is -2.59. The number of aliphatic hydroxyl groups is 2. The highest BCUT2D eigenvalue weighted by atomic mass is 19.3. The van der Waals surface area contributed by atoms with E-state index in [1.807, 2.05) is 30.3 Å². The maximum Gasteiger partial charge on any atom is 0.249 e. The Morgan fingerprint density at radius 2 is 1.85 bits per heavy atom. The normalized spacial score (nSPS) is 26.9. The van der Waals surface area contributed by atoms with Gasteiger partial charge >= 0.3 is 0 Å². The number of halogens is 2. The molecule has 1 saturated carbocycles. The van der Waals surface area contributed by atoms with Crippen molar-refractivity contribution in [3.05, 3.63) is 42.3 Å². The number of hydrogen-bond donors (Lipinski definition) is 4. The summed E-state index contributed by atoms with van der Waals surface area (Å²) in [5, 5.41) is 21.2. The first-order valence-electron chi connectivity index (χ1n) is 8.79. The fourth-order valence-electron chi connectivity index (χ4n) is 3.69. The first-order valence-corrected chi connectivity index (χ1v) is 8.79. The largest absolute Gasteiger partial charge is 0.393 e. The SMILES string of the molecule is NC(=O)C1CC(F)(F)CC[C@]1(O)[C@H](C[C@@H](O)[CH]Cc1ccccc1)C(N)=O. The number of primary amides is 2. The molecule has 2 rings (SSSR count). The number of alkyl halides is 2. The van der Waals surface area contributed by atoms with E-state index in [0.29, 0.717) is 6.42 Å². The van der Waals surface area contributed by atoms with Gasteiger partial charge in [0.05, 0.1) is 23.5 Å². The van der Waals surface area contributed by atoms with E-state index in [1.165, 1.54) is 6.42 Å². The number of carbonyl (C=O) groups excluding carboxylic acids is 2. The highest BCUT2D eigenvalue weighted by Crippen LogP contribution is 2.47. The van der Waals surface area contributed by atoms with Crippen LogP contribution in [0.1, 0.15) is 31.2 Å². The van der Waals surface area contributed by atoms with Gasteiger partial charge in [-0.25, -0.2) is 8.78 Å². The summed E-state index contributed by atoms with van der Waals surface area (Å²) in [5.41, 5.74) is 9.41. The van der Waals surface area contributed by atoms with Crippen molar-refractivity contribution in [3.8, 4) is 0 Å². The zero-order valence-corrected chi connectivity index (χ0v) is 14.9. The van der Waals surface area contributed by atoms with Gasteiger partial charge < -0.3 is 21.7 Å². The van der Waals surface area contributed by atoms with Gasteiger partial charge in [-0.15, -0.1) is 0 Å². The van der Waals surface area contributed by atoms with Crippen molar-refractivity contribution in [1.82, 2.24) is 0 Å². The smallest absolute Gasteiger partial charge is 0.249 e. The predicted octanol–water partition coefficient (Wildman–Crippen LogP) is 0.938. The van der Waals surface area contributed by atoms with Crippen LogP contribution in [-0.4, -0.2) is 39.7 Å². The summed E-state index contributed by atoms with van der Waals surface area (Å²) in [6.07, 6.45) is -1.62. The molecule has 6 N–H and O–H groups in total. The van der Waals surface area contributed by atoms with E-state index in [-0.39, 0.29) is 6.42 Å². The summed E-state index contributed by atoms with van der Waals surface area (Å²) in [6.45, 7) is 0. The number of amides is 2. The quantitative estimate of drug-likeness (QED) is 0.533. The lowest BCUT2D eigenvalue weighted by Gasteiger charge is -2.45. The van der Waals surface area contributed by atoms with E-state index in [1.54, 1.807) is 0 Å². The highest BCUT2D eigenvalue weighted by Gasteiger charge is 2.56. The van der Waals surface area contributed by atoms with Crippen LogP contribution in [0.25, 0.3) is 0 Å². The van der Waals surface area contributed by atoms with E-state index in [0.717, 1.165) is 5.56 Å². The average molecular weight is 383 g/mol. The third kappa shape index (κ3) is 5.23. The molecular formula is C19H25F2N2O4. The van der Waals surface area contributed by atoms with Gasteiger partial charge in [0.1, 0.15) is 0 Å². The first kappa shape index (κ1) is 21.2. The van der Waals surface area contributed by atoms with E-state index in [4.69, 9.17) is 11.5 Å². The van der Waals surface area contributed by atoms with Gasteiger partial charge in [0, 0.05) is 12.8 Å². The monoisotopic (exact) mass is 383 g/mol. The van der Waals surface area contributed by atoms with Crippen LogP contribution in [0.2, 0.25) is 0 Å². The molecule has 27 heavy (non-hydrogen) atoms. The van der Waals surface area contributed by atoms with Gasteiger partial charge in [0.2, 0.25) is 17.7 Å². The third-order valence-corrected chi connectivity index (χ3v) is 5.23. The van der Waals surface area contributed by atoms with Crippen molar-refractivity contribution in [2.75, 3.05) is 0 Å². The molecule has 0 aliphatic heterocycles. The van der Waals surface area contributed by atoms with Crippen LogP contribution in [-0.2, 0) is 16.0 Å². The van der Waals surface area contributed by atoms with Crippen LogP contribution in [0.15, 0.2) is 30.3 Å². The molecule has 1 aliphatic rings. The molecule has 0 heterocycles. The van der Waals surface area contributed by atoms with Gasteiger partial charge in [0.25, 0.3) is 0 Å². The number of carbonyl (C=O) groups is 2. The number of benzene rings is 1. The van der Waals surface area contributed by atoms with Gasteiger partial charge in [0.15, 0.2) is 0 Å². The highest BCUT2D eigenvalue weighted by molar-refractivity contribution is 5.83. The average Bonchev–Trinajstić information content (AvgIpc) is 2.60. The zero-order chi connectivity index (χ0) is 20.2. The van der Waals surface area contributed by atoms with E-state index >= 15 is 0 Å². The molecule has 1 aromatic rings. The van der Waals surface area contributed by atoms with Gasteiger partial charge in [-0.05, 0) is 31.2 Å². The Hall–Kier alpha value is -2.06. The Morgan fingerprint density at radius 1 is 1.22 bits per heavy atom. The molecule has 4 atom stereocenters. The summed E-state index contributed by atoms with van der Waals surface area (Å²) in [5.74, 6) is -8.26. The second-order valence-corrected chi connectivity index (χ2v) is 7.19. The second kappa shape index (κ2) is 8.31. The Morgan fingerprint density at radius 3 is 2.41 bits per heavy atom. The van der Waals surface area contributed by atoms with Crippen LogP contribution in [0.5, 0.6) is 0 Å². The molecule has 8 heteroatoms. The van der Waals surface area contributed by atoms with Gasteiger partial charge in [-0.2, -0.15) is 0 Å². The van der Waals surface area contributed by atoms with Crippen molar-refractivity contribution in [2.45, 2.75) is 49.7 Å². The van der Waals surface area contributed by atoms with Gasteiger partial charge in [-0.3, -0.25) is 9.59 Å². The maximum absolute atomic E-state index is 13.7. The Kier molecular flexibility index (Phi) is 6.54. The minimum atomic E-state index is -3.16. The second-order valence-electron chi connectivity index (χ2n) is 7.19.